The van der Waals surface area contributed by atoms with E-state index in [1.54, 1.807) is 24.3 Å². The van der Waals surface area contributed by atoms with Crippen LogP contribution in [0.25, 0.3) is 0 Å². The average molecular weight is 294 g/mol. The van der Waals surface area contributed by atoms with E-state index in [-0.39, 0.29) is 11.9 Å². The number of hydrogen-bond donors (Lipinski definition) is 1. The molecule has 1 heterocycles. The third kappa shape index (κ3) is 2.93. The highest BCUT2D eigenvalue weighted by molar-refractivity contribution is 7.99. The fourth-order valence-electron chi connectivity index (χ4n) is 2.43. The van der Waals surface area contributed by atoms with Crippen LogP contribution in [0.4, 0.5) is 0 Å². The van der Waals surface area contributed by atoms with Crippen LogP contribution in [0.3, 0.4) is 0 Å². The Kier molecular flexibility index (Phi) is 3.94. The van der Waals surface area contributed by atoms with Crippen LogP contribution in [-0.4, -0.2) is 11.7 Å². The largest absolute Gasteiger partial charge is 0.345 e. The van der Waals surface area contributed by atoms with Gasteiger partial charge in [0.15, 0.2) is 0 Å². The van der Waals surface area contributed by atoms with Crippen LogP contribution in [0.2, 0.25) is 0 Å². The molecule has 21 heavy (non-hydrogen) atoms. The van der Waals surface area contributed by atoms with Crippen molar-refractivity contribution in [1.29, 1.82) is 5.26 Å². The lowest BCUT2D eigenvalue weighted by Crippen LogP contribution is -2.30. The van der Waals surface area contributed by atoms with Crippen molar-refractivity contribution in [3.63, 3.8) is 0 Å². The SMILES string of the molecule is N#Cc1ccc(C(=O)N[C@H]2CCSc3ccccc32)cc1. The van der Waals surface area contributed by atoms with Gasteiger partial charge in [-0.05, 0) is 42.3 Å². The lowest BCUT2D eigenvalue weighted by molar-refractivity contribution is 0.0935. The number of nitrogens with one attached hydrogen (secondary N) is 1. The van der Waals surface area contributed by atoms with Crippen molar-refractivity contribution in [2.75, 3.05) is 5.75 Å². The highest BCUT2D eigenvalue weighted by Gasteiger charge is 2.22. The van der Waals surface area contributed by atoms with Gasteiger partial charge >= 0.3 is 0 Å². The number of fused-ring (bicyclic) bond motifs is 1. The number of nitriles is 1. The fourth-order valence-corrected chi connectivity index (χ4v) is 3.55. The Bertz CT molecular complexity index is 703. The van der Waals surface area contributed by atoms with Gasteiger partial charge in [-0.15, -0.1) is 11.8 Å². The second-order valence-electron chi connectivity index (χ2n) is 4.89. The lowest BCUT2D eigenvalue weighted by Gasteiger charge is -2.25. The number of benzene rings is 2. The van der Waals surface area contributed by atoms with Gasteiger partial charge in [-0.1, -0.05) is 18.2 Å². The van der Waals surface area contributed by atoms with Crippen molar-refractivity contribution < 1.29 is 4.79 Å². The summed E-state index contributed by atoms with van der Waals surface area (Å²) in [6, 6.07) is 17.0. The van der Waals surface area contributed by atoms with Gasteiger partial charge in [0.25, 0.3) is 5.91 Å². The van der Waals surface area contributed by atoms with Gasteiger partial charge in [0.05, 0.1) is 17.7 Å². The van der Waals surface area contributed by atoms with Crippen molar-refractivity contribution in [1.82, 2.24) is 5.32 Å². The normalized spacial score (nSPS) is 16.6. The first-order chi connectivity index (χ1) is 10.3. The highest BCUT2D eigenvalue weighted by Crippen LogP contribution is 2.35. The molecule has 1 atom stereocenters. The molecule has 3 rings (SSSR count). The molecule has 1 amide bonds. The number of carbonyl (C=O) groups is 1. The molecule has 0 aliphatic carbocycles. The second-order valence-corrected chi connectivity index (χ2v) is 6.03. The van der Waals surface area contributed by atoms with E-state index < -0.39 is 0 Å². The topological polar surface area (TPSA) is 52.9 Å². The van der Waals surface area contributed by atoms with E-state index in [1.165, 1.54) is 10.5 Å². The Morgan fingerprint density at radius 2 is 1.95 bits per heavy atom. The maximum atomic E-state index is 12.3. The van der Waals surface area contributed by atoms with E-state index in [2.05, 4.69) is 23.5 Å². The summed E-state index contributed by atoms with van der Waals surface area (Å²) < 4.78 is 0. The summed E-state index contributed by atoms with van der Waals surface area (Å²) in [4.78, 5) is 13.6. The maximum absolute atomic E-state index is 12.3. The zero-order valence-corrected chi connectivity index (χ0v) is 12.2. The van der Waals surface area contributed by atoms with Crippen LogP contribution in [-0.2, 0) is 0 Å². The molecule has 0 bridgehead atoms. The smallest absolute Gasteiger partial charge is 0.251 e. The Hall–Kier alpha value is -2.25. The molecule has 104 valence electrons. The maximum Gasteiger partial charge on any atom is 0.251 e. The number of nitrogens with zero attached hydrogens (tertiary/aromatic N) is 1. The summed E-state index contributed by atoms with van der Waals surface area (Å²) in [5.74, 6) is 0.918. The monoisotopic (exact) mass is 294 g/mol. The average Bonchev–Trinajstić information content (AvgIpc) is 2.55. The Balaban J connectivity index is 1.78. The molecule has 2 aromatic carbocycles. The number of carbonyl (C=O) groups excluding carboxylic acids is 1. The predicted octanol–water partition coefficient (Wildman–Crippen LogP) is 3.53. The molecule has 1 aliphatic heterocycles. The van der Waals surface area contributed by atoms with Crippen molar-refractivity contribution in [2.45, 2.75) is 17.4 Å². The Morgan fingerprint density at radius 1 is 1.19 bits per heavy atom. The first-order valence-electron chi connectivity index (χ1n) is 6.80. The van der Waals surface area contributed by atoms with Crippen LogP contribution in [0, 0.1) is 11.3 Å². The minimum absolute atomic E-state index is 0.0607. The van der Waals surface area contributed by atoms with Gasteiger partial charge in [0, 0.05) is 16.2 Å². The quantitative estimate of drug-likeness (QED) is 0.922. The minimum atomic E-state index is -0.0915. The molecule has 0 spiro atoms. The van der Waals surface area contributed by atoms with E-state index in [4.69, 9.17) is 5.26 Å². The van der Waals surface area contributed by atoms with Crippen LogP contribution >= 0.6 is 11.8 Å². The number of thioether (sulfide) groups is 1. The van der Waals surface area contributed by atoms with E-state index in [1.807, 2.05) is 23.9 Å². The summed E-state index contributed by atoms with van der Waals surface area (Å²) in [6.45, 7) is 0. The molecule has 0 saturated carbocycles. The molecule has 1 N–H and O–H groups in total. The van der Waals surface area contributed by atoms with E-state index in [9.17, 15) is 4.79 Å². The summed E-state index contributed by atoms with van der Waals surface area (Å²) in [5.41, 5.74) is 2.34. The zero-order chi connectivity index (χ0) is 14.7. The third-order valence-electron chi connectivity index (χ3n) is 3.54. The van der Waals surface area contributed by atoms with Gasteiger partial charge in [-0.2, -0.15) is 5.26 Å². The van der Waals surface area contributed by atoms with Gasteiger partial charge in [0.1, 0.15) is 0 Å². The molecule has 0 unspecified atom stereocenters. The highest BCUT2D eigenvalue weighted by atomic mass is 32.2. The standard InChI is InChI=1S/C17H14N2OS/c18-11-12-5-7-13(8-6-12)17(20)19-15-9-10-21-16-4-2-1-3-14(15)16/h1-8,15H,9-10H2,(H,19,20)/t15-/m0/s1. The third-order valence-corrected chi connectivity index (χ3v) is 4.66. The molecule has 4 heteroatoms. The van der Waals surface area contributed by atoms with E-state index >= 15 is 0 Å². The molecule has 3 nitrogen and oxygen atoms in total. The van der Waals surface area contributed by atoms with Gasteiger partial charge in [-0.25, -0.2) is 0 Å². The molecule has 0 aromatic heterocycles. The minimum Gasteiger partial charge on any atom is -0.345 e. The lowest BCUT2D eigenvalue weighted by atomic mass is 10.0. The predicted molar refractivity (Wildman–Crippen MR) is 83.1 cm³/mol. The Morgan fingerprint density at radius 3 is 2.71 bits per heavy atom. The molecular formula is C17H14N2OS. The fraction of sp³-hybridized carbons (Fsp3) is 0.176. The number of hydrogen-bond acceptors (Lipinski definition) is 3. The summed E-state index contributed by atoms with van der Waals surface area (Å²) in [5, 5.41) is 11.9. The van der Waals surface area contributed by atoms with E-state index in [0.717, 1.165) is 12.2 Å². The van der Waals surface area contributed by atoms with Crippen molar-refractivity contribution in [3.8, 4) is 6.07 Å². The van der Waals surface area contributed by atoms with Crippen molar-refractivity contribution >= 4 is 17.7 Å². The van der Waals surface area contributed by atoms with Crippen molar-refractivity contribution in [2.24, 2.45) is 0 Å². The zero-order valence-electron chi connectivity index (χ0n) is 11.4. The van der Waals surface area contributed by atoms with Gasteiger partial charge in [-0.3, -0.25) is 4.79 Å². The molecule has 1 aliphatic rings. The van der Waals surface area contributed by atoms with Gasteiger partial charge in [0.2, 0.25) is 0 Å². The van der Waals surface area contributed by atoms with Crippen LogP contribution in [0.1, 0.15) is 33.9 Å². The van der Waals surface area contributed by atoms with Crippen molar-refractivity contribution in [3.05, 3.63) is 65.2 Å². The summed E-state index contributed by atoms with van der Waals surface area (Å²) >= 11 is 1.83. The first-order valence-corrected chi connectivity index (χ1v) is 7.79. The molecule has 2 aromatic rings. The van der Waals surface area contributed by atoms with E-state index in [0.29, 0.717) is 11.1 Å². The Labute approximate surface area is 128 Å². The van der Waals surface area contributed by atoms with Crippen LogP contribution < -0.4 is 5.32 Å². The van der Waals surface area contributed by atoms with Gasteiger partial charge < -0.3 is 5.32 Å². The molecular weight excluding hydrogens is 280 g/mol. The first kappa shape index (κ1) is 13.7. The second kappa shape index (κ2) is 6.02. The summed E-state index contributed by atoms with van der Waals surface area (Å²) in [6.07, 6.45) is 0.934. The summed E-state index contributed by atoms with van der Waals surface area (Å²) in [7, 11) is 0. The number of amides is 1. The number of rotatable bonds is 2. The molecule has 0 saturated heterocycles. The van der Waals surface area contributed by atoms with Crippen LogP contribution in [0.5, 0.6) is 0 Å². The van der Waals surface area contributed by atoms with Crippen LogP contribution in [0.15, 0.2) is 53.4 Å². The molecule has 0 radical (unpaired) electrons. The molecule has 0 fully saturated rings.